The van der Waals surface area contributed by atoms with Crippen molar-refractivity contribution in [2.45, 2.75) is 0 Å². The molecule has 0 saturated heterocycles. The molecule has 0 unspecified atom stereocenters. The number of nitrogens with zero attached hydrogens (tertiary/aromatic N) is 1. The van der Waals surface area contributed by atoms with Crippen LogP contribution in [0, 0.1) is 5.82 Å². The predicted octanol–water partition coefficient (Wildman–Crippen LogP) is 2.85. The largest absolute Gasteiger partial charge is 0.403 e. The van der Waals surface area contributed by atoms with E-state index in [9.17, 15) is 4.39 Å². The van der Waals surface area contributed by atoms with Crippen LogP contribution >= 0.6 is 0 Å². The van der Waals surface area contributed by atoms with Crippen LogP contribution < -0.4 is 4.57 Å². The molecule has 16 heavy (non-hydrogen) atoms. The van der Waals surface area contributed by atoms with Gasteiger partial charge in [-0.25, -0.2) is 0 Å². The van der Waals surface area contributed by atoms with Crippen LogP contribution in [0.3, 0.4) is 0 Å². The highest BCUT2D eigenvalue weighted by Gasteiger charge is 2.18. The molecule has 0 fully saturated rings. The van der Waals surface area contributed by atoms with Crippen molar-refractivity contribution in [1.82, 2.24) is 0 Å². The van der Waals surface area contributed by atoms with Crippen molar-refractivity contribution >= 4 is 11.1 Å². The first-order valence-electron chi connectivity index (χ1n) is 4.99. The summed E-state index contributed by atoms with van der Waals surface area (Å²) < 4.78 is 20.7. The third-order valence-electron chi connectivity index (χ3n) is 2.52. The fourth-order valence-corrected chi connectivity index (χ4v) is 1.76. The van der Waals surface area contributed by atoms with E-state index in [1.54, 1.807) is 22.8 Å². The monoisotopic (exact) mass is 214 g/mol. The second kappa shape index (κ2) is 3.45. The molecule has 0 aliphatic rings. The van der Waals surface area contributed by atoms with Gasteiger partial charge < -0.3 is 4.42 Å². The first-order chi connectivity index (χ1) is 7.86. The Bertz CT molecular complexity index is 645. The second-order valence-electron chi connectivity index (χ2n) is 3.51. The molecule has 0 radical (unpaired) electrons. The zero-order valence-electron chi connectivity index (χ0n) is 8.43. The van der Waals surface area contributed by atoms with E-state index in [0.717, 1.165) is 11.1 Å². The van der Waals surface area contributed by atoms with E-state index in [1.807, 2.05) is 24.3 Å². The fraction of sp³-hybridized carbons (Fsp3) is 0. The minimum absolute atomic E-state index is 0.265. The summed E-state index contributed by atoms with van der Waals surface area (Å²) in [6.07, 6.45) is 1.52. The van der Waals surface area contributed by atoms with Crippen molar-refractivity contribution in [1.29, 1.82) is 0 Å². The van der Waals surface area contributed by atoms with Gasteiger partial charge in [-0.05, 0) is 12.1 Å². The molecule has 0 aliphatic carbocycles. The third-order valence-corrected chi connectivity index (χ3v) is 2.52. The Morgan fingerprint density at radius 2 is 1.69 bits per heavy atom. The minimum atomic E-state index is -0.265. The van der Waals surface area contributed by atoms with Gasteiger partial charge in [0.25, 0.3) is 5.52 Å². The summed E-state index contributed by atoms with van der Waals surface area (Å²) in [5, 5.41) is 0. The van der Waals surface area contributed by atoms with Gasteiger partial charge in [-0.3, -0.25) is 0 Å². The molecular weight excluding hydrogens is 205 g/mol. The van der Waals surface area contributed by atoms with E-state index in [1.165, 1.54) is 12.5 Å². The first kappa shape index (κ1) is 9.09. The molecule has 2 nitrogen and oxygen atoms in total. The normalized spacial score (nSPS) is 10.8. The van der Waals surface area contributed by atoms with E-state index in [0.29, 0.717) is 5.69 Å². The van der Waals surface area contributed by atoms with Gasteiger partial charge in [0.2, 0.25) is 11.3 Å². The lowest BCUT2D eigenvalue weighted by Crippen LogP contribution is -2.29. The second-order valence-corrected chi connectivity index (χ2v) is 3.51. The highest BCUT2D eigenvalue weighted by atomic mass is 19.1. The molecule has 0 N–H and O–H groups in total. The lowest BCUT2D eigenvalue weighted by atomic mass is 10.3. The smallest absolute Gasteiger partial charge is 0.341 e. The number of hydrogen-bond acceptors (Lipinski definition) is 1. The highest BCUT2D eigenvalue weighted by Crippen LogP contribution is 2.14. The number of rotatable bonds is 1. The van der Waals surface area contributed by atoms with E-state index >= 15 is 0 Å². The van der Waals surface area contributed by atoms with Gasteiger partial charge in [0.1, 0.15) is 0 Å². The Labute approximate surface area is 91.6 Å². The molecule has 3 heteroatoms. The van der Waals surface area contributed by atoms with E-state index in [4.69, 9.17) is 4.42 Å². The summed E-state index contributed by atoms with van der Waals surface area (Å²) in [6, 6.07) is 14.2. The average Bonchev–Trinajstić information content (AvgIpc) is 2.74. The lowest BCUT2D eigenvalue weighted by Gasteiger charge is -1.93. The van der Waals surface area contributed by atoms with Gasteiger partial charge in [0.15, 0.2) is 5.82 Å². The molecule has 2 aromatic carbocycles. The zero-order valence-corrected chi connectivity index (χ0v) is 8.43. The molecule has 1 heterocycles. The Morgan fingerprint density at radius 3 is 2.56 bits per heavy atom. The summed E-state index contributed by atoms with van der Waals surface area (Å²) >= 11 is 0. The van der Waals surface area contributed by atoms with E-state index < -0.39 is 0 Å². The quantitative estimate of drug-likeness (QED) is 0.569. The molecule has 0 aliphatic heterocycles. The van der Waals surface area contributed by atoms with Crippen LogP contribution in [-0.4, -0.2) is 0 Å². The zero-order chi connectivity index (χ0) is 11.0. The topological polar surface area (TPSA) is 17.0 Å². The number of halogens is 1. The van der Waals surface area contributed by atoms with Crippen LogP contribution in [0.5, 0.6) is 0 Å². The van der Waals surface area contributed by atoms with E-state index in [-0.39, 0.29) is 5.82 Å². The van der Waals surface area contributed by atoms with Gasteiger partial charge >= 0.3 is 6.39 Å². The van der Waals surface area contributed by atoms with Gasteiger partial charge in [0.05, 0.1) is 0 Å². The van der Waals surface area contributed by atoms with Crippen LogP contribution in [-0.2, 0) is 0 Å². The van der Waals surface area contributed by atoms with Crippen molar-refractivity contribution in [3.8, 4) is 5.69 Å². The fourth-order valence-electron chi connectivity index (χ4n) is 1.76. The Morgan fingerprint density at radius 1 is 0.938 bits per heavy atom. The molecule has 78 valence electrons. The highest BCUT2D eigenvalue weighted by molar-refractivity contribution is 5.68. The minimum Gasteiger partial charge on any atom is -0.403 e. The average molecular weight is 214 g/mol. The van der Waals surface area contributed by atoms with E-state index in [2.05, 4.69) is 0 Å². The number of aromatic nitrogens is 1. The molecule has 0 spiro atoms. The van der Waals surface area contributed by atoms with Crippen molar-refractivity contribution in [2.75, 3.05) is 0 Å². The van der Waals surface area contributed by atoms with Gasteiger partial charge in [-0.2, -0.15) is 4.39 Å². The standard InChI is InChI=1S/C13H9FNO/c14-10-5-1-2-6-11(10)15-9-16-13-8-4-3-7-12(13)15/h1-9H/q+1. The molecular formula is C13H9FNO+. The van der Waals surface area contributed by atoms with Crippen molar-refractivity contribution < 1.29 is 13.4 Å². The number of para-hydroxylation sites is 3. The first-order valence-corrected chi connectivity index (χ1v) is 4.99. The summed E-state index contributed by atoms with van der Waals surface area (Å²) in [6.45, 7) is 0. The molecule has 0 bridgehead atoms. The van der Waals surface area contributed by atoms with Crippen LogP contribution in [0.4, 0.5) is 4.39 Å². The van der Waals surface area contributed by atoms with Crippen LogP contribution in [0.2, 0.25) is 0 Å². The predicted molar refractivity (Wildman–Crippen MR) is 57.7 cm³/mol. The van der Waals surface area contributed by atoms with Crippen LogP contribution in [0.25, 0.3) is 16.8 Å². The maximum Gasteiger partial charge on any atom is 0.341 e. The van der Waals surface area contributed by atoms with Gasteiger partial charge in [0, 0.05) is 12.1 Å². The number of hydrogen-bond donors (Lipinski definition) is 0. The van der Waals surface area contributed by atoms with Crippen LogP contribution in [0.15, 0.2) is 59.3 Å². The van der Waals surface area contributed by atoms with Crippen molar-refractivity contribution in [3.63, 3.8) is 0 Å². The number of oxazole rings is 1. The molecule has 0 atom stereocenters. The maximum atomic E-state index is 13.6. The molecule has 1 aromatic heterocycles. The lowest BCUT2D eigenvalue weighted by molar-refractivity contribution is -0.575. The summed E-state index contributed by atoms with van der Waals surface area (Å²) in [5.41, 5.74) is 2.09. The summed E-state index contributed by atoms with van der Waals surface area (Å²) in [7, 11) is 0. The molecule has 3 rings (SSSR count). The maximum absolute atomic E-state index is 13.6. The number of benzene rings is 2. The van der Waals surface area contributed by atoms with Gasteiger partial charge in [-0.15, -0.1) is 4.57 Å². The SMILES string of the molecule is Fc1ccccc1-[n+]1coc2ccccc21. The molecule has 0 amide bonds. The number of fused-ring (bicyclic) bond motifs is 1. The van der Waals surface area contributed by atoms with Crippen LogP contribution in [0.1, 0.15) is 0 Å². The molecule has 3 aromatic rings. The Balaban J connectivity index is 2.31. The van der Waals surface area contributed by atoms with Crippen molar-refractivity contribution in [2.24, 2.45) is 0 Å². The van der Waals surface area contributed by atoms with Gasteiger partial charge in [-0.1, -0.05) is 24.3 Å². The van der Waals surface area contributed by atoms with Crippen molar-refractivity contribution in [3.05, 3.63) is 60.7 Å². The Kier molecular flexibility index (Phi) is 1.96. The Hall–Kier alpha value is -2.16. The summed E-state index contributed by atoms with van der Waals surface area (Å²) in [4.78, 5) is 0. The summed E-state index contributed by atoms with van der Waals surface area (Å²) in [5.74, 6) is -0.265. The molecule has 0 saturated carbocycles. The third kappa shape index (κ3) is 1.29.